The Labute approximate surface area is 84.7 Å². The van der Waals surface area contributed by atoms with Gasteiger partial charge in [0.25, 0.3) is 0 Å². The lowest BCUT2D eigenvalue weighted by Crippen LogP contribution is -2.28. The van der Waals surface area contributed by atoms with Crippen LogP contribution in [0.5, 0.6) is 0 Å². The number of nitrogens with zero attached hydrogens (tertiary/aromatic N) is 3. The number of rotatable bonds is 5. The summed E-state index contributed by atoms with van der Waals surface area (Å²) in [6.45, 7) is 6.22. The van der Waals surface area contributed by atoms with Crippen LogP contribution in [-0.2, 0) is 13.1 Å². The number of aromatic nitrogens is 3. The van der Waals surface area contributed by atoms with Crippen molar-refractivity contribution >= 4 is 0 Å². The largest absolute Gasteiger partial charge is 0.305 e. The lowest BCUT2D eigenvalue weighted by molar-refractivity contribution is 0.490. The van der Waals surface area contributed by atoms with Crippen LogP contribution in [0.15, 0.2) is 6.33 Å². The standard InChI is InChI=1S/C10H18N4/c1-3-6-14-9(11-8-13-14)7-12-10(2)4-5-10/h8,12H,3-7H2,1-2H3. The van der Waals surface area contributed by atoms with Gasteiger partial charge in [0.2, 0.25) is 0 Å². The third-order valence-corrected chi connectivity index (χ3v) is 2.80. The summed E-state index contributed by atoms with van der Waals surface area (Å²) in [5.74, 6) is 1.06. The summed E-state index contributed by atoms with van der Waals surface area (Å²) in [4.78, 5) is 4.26. The van der Waals surface area contributed by atoms with Gasteiger partial charge in [-0.1, -0.05) is 6.92 Å². The van der Waals surface area contributed by atoms with Gasteiger partial charge in [0.15, 0.2) is 0 Å². The van der Waals surface area contributed by atoms with Gasteiger partial charge in [0, 0.05) is 12.1 Å². The van der Waals surface area contributed by atoms with Gasteiger partial charge in [-0.25, -0.2) is 9.67 Å². The molecule has 1 heterocycles. The average molecular weight is 194 g/mol. The highest BCUT2D eigenvalue weighted by Gasteiger charge is 2.36. The quantitative estimate of drug-likeness (QED) is 0.769. The van der Waals surface area contributed by atoms with E-state index in [9.17, 15) is 0 Å². The minimum absolute atomic E-state index is 0.378. The van der Waals surface area contributed by atoms with Gasteiger partial charge in [0.1, 0.15) is 12.2 Å². The maximum atomic E-state index is 4.26. The average Bonchev–Trinajstić information content (AvgIpc) is 2.75. The molecular formula is C10H18N4. The summed E-state index contributed by atoms with van der Waals surface area (Å²) in [7, 11) is 0. The first-order valence-corrected chi connectivity index (χ1v) is 5.35. The van der Waals surface area contributed by atoms with Crippen molar-refractivity contribution in [3.8, 4) is 0 Å². The molecule has 0 aromatic carbocycles. The highest BCUT2D eigenvalue weighted by atomic mass is 15.3. The van der Waals surface area contributed by atoms with E-state index in [0.717, 1.165) is 25.3 Å². The van der Waals surface area contributed by atoms with Crippen LogP contribution in [0.25, 0.3) is 0 Å². The molecule has 1 aliphatic carbocycles. The first kappa shape index (κ1) is 9.65. The fourth-order valence-electron chi connectivity index (χ4n) is 1.48. The van der Waals surface area contributed by atoms with Crippen molar-refractivity contribution in [1.82, 2.24) is 20.1 Å². The van der Waals surface area contributed by atoms with Crippen LogP contribution in [0.2, 0.25) is 0 Å². The van der Waals surface area contributed by atoms with Crippen molar-refractivity contribution in [2.45, 2.75) is 51.7 Å². The Morgan fingerprint density at radius 1 is 1.57 bits per heavy atom. The van der Waals surface area contributed by atoms with Gasteiger partial charge >= 0.3 is 0 Å². The second-order valence-electron chi connectivity index (χ2n) is 4.31. The molecule has 1 N–H and O–H groups in total. The van der Waals surface area contributed by atoms with Gasteiger partial charge in [-0.15, -0.1) is 0 Å². The Balaban J connectivity index is 1.91. The summed E-state index contributed by atoms with van der Waals surface area (Å²) in [6, 6.07) is 0. The van der Waals surface area contributed by atoms with E-state index in [-0.39, 0.29) is 0 Å². The zero-order chi connectivity index (χ0) is 10.0. The fourth-order valence-corrected chi connectivity index (χ4v) is 1.48. The van der Waals surface area contributed by atoms with E-state index in [4.69, 9.17) is 0 Å². The SMILES string of the molecule is CCCn1ncnc1CNC1(C)CC1. The number of nitrogens with one attached hydrogen (secondary N) is 1. The lowest BCUT2D eigenvalue weighted by atomic mass is 10.3. The smallest absolute Gasteiger partial charge is 0.140 e. The molecule has 1 fully saturated rings. The van der Waals surface area contributed by atoms with Crippen molar-refractivity contribution in [1.29, 1.82) is 0 Å². The predicted octanol–water partition coefficient (Wildman–Crippen LogP) is 1.33. The maximum Gasteiger partial charge on any atom is 0.140 e. The lowest BCUT2D eigenvalue weighted by Gasteiger charge is -2.11. The van der Waals surface area contributed by atoms with E-state index in [0.29, 0.717) is 5.54 Å². The molecule has 0 bridgehead atoms. The molecule has 0 aliphatic heterocycles. The van der Waals surface area contributed by atoms with Crippen LogP contribution >= 0.6 is 0 Å². The van der Waals surface area contributed by atoms with Gasteiger partial charge in [-0.2, -0.15) is 5.10 Å². The molecule has 0 spiro atoms. The Morgan fingerprint density at radius 2 is 2.36 bits per heavy atom. The van der Waals surface area contributed by atoms with Gasteiger partial charge in [-0.05, 0) is 26.2 Å². The zero-order valence-electron chi connectivity index (χ0n) is 8.95. The molecule has 0 radical (unpaired) electrons. The fraction of sp³-hybridized carbons (Fsp3) is 0.800. The first-order chi connectivity index (χ1) is 6.73. The molecule has 4 heteroatoms. The maximum absolute atomic E-state index is 4.26. The monoisotopic (exact) mass is 194 g/mol. The molecule has 1 aliphatic rings. The summed E-state index contributed by atoms with van der Waals surface area (Å²) in [5, 5.41) is 7.70. The van der Waals surface area contributed by atoms with Gasteiger partial charge in [0.05, 0.1) is 6.54 Å². The Hall–Kier alpha value is -0.900. The van der Waals surface area contributed by atoms with Crippen molar-refractivity contribution in [2.75, 3.05) is 0 Å². The van der Waals surface area contributed by atoms with Crippen LogP contribution in [0.3, 0.4) is 0 Å². The zero-order valence-corrected chi connectivity index (χ0v) is 8.95. The Bertz CT molecular complexity index is 301. The summed E-state index contributed by atoms with van der Waals surface area (Å²) >= 11 is 0. The molecule has 1 aromatic rings. The molecule has 0 saturated heterocycles. The second-order valence-corrected chi connectivity index (χ2v) is 4.31. The molecule has 0 atom stereocenters. The molecule has 2 rings (SSSR count). The van der Waals surface area contributed by atoms with Crippen molar-refractivity contribution in [2.24, 2.45) is 0 Å². The van der Waals surface area contributed by atoms with Crippen LogP contribution in [-0.4, -0.2) is 20.3 Å². The molecule has 14 heavy (non-hydrogen) atoms. The number of hydrogen-bond donors (Lipinski definition) is 1. The topological polar surface area (TPSA) is 42.7 Å². The Kier molecular flexibility index (Phi) is 2.54. The highest BCUT2D eigenvalue weighted by molar-refractivity contribution is 4.99. The highest BCUT2D eigenvalue weighted by Crippen LogP contribution is 2.34. The number of hydrogen-bond acceptors (Lipinski definition) is 3. The third-order valence-electron chi connectivity index (χ3n) is 2.80. The molecule has 78 valence electrons. The molecule has 1 saturated carbocycles. The van der Waals surface area contributed by atoms with Crippen LogP contribution < -0.4 is 5.32 Å². The predicted molar refractivity (Wildman–Crippen MR) is 54.8 cm³/mol. The summed E-state index contributed by atoms with van der Waals surface area (Å²) in [5.41, 5.74) is 0.378. The molecule has 0 unspecified atom stereocenters. The third kappa shape index (κ3) is 2.12. The first-order valence-electron chi connectivity index (χ1n) is 5.35. The summed E-state index contributed by atoms with van der Waals surface area (Å²) < 4.78 is 1.98. The van der Waals surface area contributed by atoms with Crippen molar-refractivity contribution < 1.29 is 0 Å². The van der Waals surface area contributed by atoms with Crippen LogP contribution in [0.1, 0.15) is 38.9 Å². The van der Waals surface area contributed by atoms with E-state index < -0.39 is 0 Å². The molecular weight excluding hydrogens is 176 g/mol. The normalized spacial score (nSPS) is 18.4. The van der Waals surface area contributed by atoms with E-state index in [1.165, 1.54) is 12.8 Å². The second kappa shape index (κ2) is 3.69. The van der Waals surface area contributed by atoms with Crippen LogP contribution in [0.4, 0.5) is 0 Å². The number of aryl methyl sites for hydroxylation is 1. The van der Waals surface area contributed by atoms with Crippen molar-refractivity contribution in [3.05, 3.63) is 12.2 Å². The van der Waals surface area contributed by atoms with E-state index in [1.807, 2.05) is 4.68 Å². The molecule has 1 aromatic heterocycles. The molecule has 4 nitrogen and oxygen atoms in total. The minimum Gasteiger partial charge on any atom is -0.305 e. The molecule has 0 amide bonds. The van der Waals surface area contributed by atoms with E-state index >= 15 is 0 Å². The minimum atomic E-state index is 0.378. The van der Waals surface area contributed by atoms with Gasteiger partial charge < -0.3 is 5.32 Å². The Morgan fingerprint density at radius 3 is 3.00 bits per heavy atom. The van der Waals surface area contributed by atoms with E-state index in [1.54, 1.807) is 6.33 Å². The van der Waals surface area contributed by atoms with E-state index in [2.05, 4.69) is 29.2 Å². The summed E-state index contributed by atoms with van der Waals surface area (Å²) in [6.07, 6.45) is 5.32. The van der Waals surface area contributed by atoms with Gasteiger partial charge in [-0.3, -0.25) is 0 Å². The van der Waals surface area contributed by atoms with Crippen molar-refractivity contribution in [3.63, 3.8) is 0 Å². The van der Waals surface area contributed by atoms with Crippen LogP contribution in [0, 0.1) is 0 Å².